The Morgan fingerprint density at radius 1 is 1.23 bits per heavy atom. The van der Waals surface area contributed by atoms with E-state index in [0.29, 0.717) is 37.5 Å². The van der Waals surface area contributed by atoms with Crippen molar-refractivity contribution >= 4 is 11.9 Å². The van der Waals surface area contributed by atoms with Crippen LogP contribution in [0.25, 0.3) is 0 Å². The minimum absolute atomic E-state index is 0.0522. The van der Waals surface area contributed by atoms with Crippen molar-refractivity contribution in [2.75, 3.05) is 27.4 Å². The normalized spacial score (nSPS) is 22.0. The van der Waals surface area contributed by atoms with Crippen LogP contribution in [0.4, 0.5) is 0 Å². The number of fused-ring (bicyclic) bond motifs is 1. The number of carboxylic acids is 1. The van der Waals surface area contributed by atoms with Gasteiger partial charge in [-0.3, -0.25) is 9.59 Å². The zero-order valence-corrected chi connectivity index (χ0v) is 15.2. The van der Waals surface area contributed by atoms with Gasteiger partial charge in [-0.05, 0) is 42.5 Å². The number of methoxy groups -OCH3 is 2. The Morgan fingerprint density at radius 2 is 1.96 bits per heavy atom. The van der Waals surface area contributed by atoms with Crippen LogP contribution >= 0.6 is 0 Å². The fourth-order valence-electron chi connectivity index (χ4n) is 3.83. The van der Waals surface area contributed by atoms with Crippen LogP contribution in [0.5, 0.6) is 11.5 Å². The topological polar surface area (TPSA) is 85.3 Å². The number of nitrogens with zero attached hydrogens (tertiary/aromatic N) is 1. The van der Waals surface area contributed by atoms with Gasteiger partial charge < -0.3 is 24.2 Å². The lowest BCUT2D eigenvalue weighted by molar-refractivity contribution is -0.142. The SMILES string of the molecule is COc1cc2c(cc1OC)C(CC(=O)O)N(C(=O)CC1CCCO1)CC2. The first-order valence-corrected chi connectivity index (χ1v) is 8.91. The van der Waals surface area contributed by atoms with Crippen LogP contribution in [0.1, 0.15) is 42.9 Å². The molecule has 0 saturated carbocycles. The summed E-state index contributed by atoms with van der Waals surface area (Å²) >= 11 is 0. The number of benzene rings is 1. The number of carbonyl (C=O) groups is 2. The molecule has 2 aliphatic heterocycles. The summed E-state index contributed by atoms with van der Waals surface area (Å²) in [7, 11) is 3.11. The molecule has 0 bridgehead atoms. The molecule has 2 heterocycles. The van der Waals surface area contributed by atoms with Crippen LogP contribution in [-0.4, -0.2) is 55.4 Å². The molecule has 2 unspecified atom stereocenters. The highest BCUT2D eigenvalue weighted by Gasteiger charge is 2.34. The minimum atomic E-state index is -0.937. The number of carboxylic acid groups (broad SMARTS) is 1. The summed E-state index contributed by atoms with van der Waals surface area (Å²) in [6.45, 7) is 1.18. The largest absolute Gasteiger partial charge is 0.493 e. The molecule has 0 aliphatic carbocycles. The monoisotopic (exact) mass is 363 g/mol. The molecule has 3 rings (SSSR count). The third-order valence-corrected chi connectivity index (χ3v) is 5.12. The maximum Gasteiger partial charge on any atom is 0.305 e. The molecule has 26 heavy (non-hydrogen) atoms. The lowest BCUT2D eigenvalue weighted by Gasteiger charge is -2.37. The lowest BCUT2D eigenvalue weighted by atomic mass is 9.89. The predicted molar refractivity (Wildman–Crippen MR) is 93.5 cm³/mol. The molecular formula is C19H25NO6. The van der Waals surface area contributed by atoms with E-state index in [-0.39, 0.29) is 18.4 Å². The van der Waals surface area contributed by atoms with E-state index in [4.69, 9.17) is 14.2 Å². The van der Waals surface area contributed by atoms with E-state index in [2.05, 4.69) is 0 Å². The van der Waals surface area contributed by atoms with E-state index in [9.17, 15) is 14.7 Å². The summed E-state index contributed by atoms with van der Waals surface area (Å²) in [6, 6.07) is 3.17. The van der Waals surface area contributed by atoms with E-state index in [1.165, 1.54) is 0 Å². The van der Waals surface area contributed by atoms with Crippen LogP contribution in [-0.2, 0) is 20.7 Å². The molecule has 2 atom stereocenters. The van der Waals surface area contributed by atoms with E-state index in [1.807, 2.05) is 6.07 Å². The summed E-state index contributed by atoms with van der Waals surface area (Å²) in [6.07, 6.45) is 2.61. The van der Waals surface area contributed by atoms with Gasteiger partial charge in [0.05, 0.1) is 39.2 Å². The Bertz CT molecular complexity index is 683. The van der Waals surface area contributed by atoms with E-state index in [0.717, 1.165) is 24.0 Å². The Morgan fingerprint density at radius 3 is 2.58 bits per heavy atom. The quantitative estimate of drug-likeness (QED) is 0.834. The van der Waals surface area contributed by atoms with E-state index >= 15 is 0 Å². The number of rotatable bonds is 6. The maximum absolute atomic E-state index is 12.8. The van der Waals surface area contributed by atoms with E-state index < -0.39 is 12.0 Å². The first-order valence-electron chi connectivity index (χ1n) is 8.91. The zero-order valence-electron chi connectivity index (χ0n) is 15.2. The Labute approximate surface area is 152 Å². The first-order chi connectivity index (χ1) is 12.5. The molecular weight excluding hydrogens is 338 g/mol. The molecule has 0 spiro atoms. The highest BCUT2D eigenvalue weighted by Crippen LogP contribution is 2.40. The maximum atomic E-state index is 12.8. The third kappa shape index (κ3) is 3.77. The van der Waals surface area contributed by atoms with Crippen molar-refractivity contribution in [2.24, 2.45) is 0 Å². The summed E-state index contributed by atoms with van der Waals surface area (Å²) in [5.41, 5.74) is 1.81. The first kappa shape index (κ1) is 18.5. The van der Waals surface area contributed by atoms with Gasteiger partial charge in [-0.15, -0.1) is 0 Å². The summed E-state index contributed by atoms with van der Waals surface area (Å²) < 4.78 is 16.3. The number of hydrogen-bond donors (Lipinski definition) is 1. The molecule has 2 aliphatic rings. The molecule has 7 nitrogen and oxygen atoms in total. The van der Waals surface area contributed by atoms with E-state index in [1.54, 1.807) is 25.2 Å². The molecule has 1 saturated heterocycles. The average Bonchev–Trinajstić information content (AvgIpc) is 3.13. The van der Waals surface area contributed by atoms with Crippen molar-refractivity contribution in [3.63, 3.8) is 0 Å². The Balaban J connectivity index is 1.90. The van der Waals surface area contributed by atoms with Crippen LogP contribution in [0, 0.1) is 0 Å². The summed E-state index contributed by atoms with van der Waals surface area (Å²) in [5.74, 6) is 0.158. The molecule has 1 amide bonds. The highest BCUT2D eigenvalue weighted by atomic mass is 16.5. The zero-order chi connectivity index (χ0) is 18.7. The number of ether oxygens (including phenoxy) is 3. The molecule has 1 aromatic rings. The van der Waals surface area contributed by atoms with Gasteiger partial charge in [0.1, 0.15) is 0 Å². The van der Waals surface area contributed by atoms with Crippen LogP contribution in [0.15, 0.2) is 12.1 Å². The van der Waals surface area contributed by atoms with Crippen molar-refractivity contribution in [1.29, 1.82) is 0 Å². The third-order valence-electron chi connectivity index (χ3n) is 5.12. The van der Waals surface area contributed by atoms with Crippen LogP contribution in [0.2, 0.25) is 0 Å². The summed E-state index contributed by atoms with van der Waals surface area (Å²) in [4.78, 5) is 26.0. The van der Waals surface area contributed by atoms with Gasteiger partial charge in [0.25, 0.3) is 0 Å². The van der Waals surface area contributed by atoms with Gasteiger partial charge >= 0.3 is 5.97 Å². The van der Waals surface area contributed by atoms with Gasteiger partial charge in [-0.25, -0.2) is 0 Å². The molecule has 7 heteroatoms. The van der Waals surface area contributed by atoms with Crippen LogP contribution < -0.4 is 9.47 Å². The second-order valence-electron chi connectivity index (χ2n) is 6.70. The lowest BCUT2D eigenvalue weighted by Crippen LogP contribution is -2.42. The average molecular weight is 363 g/mol. The van der Waals surface area contributed by atoms with Crippen LogP contribution in [0.3, 0.4) is 0 Å². The van der Waals surface area contributed by atoms with Gasteiger partial charge in [0.2, 0.25) is 5.91 Å². The second-order valence-corrected chi connectivity index (χ2v) is 6.70. The van der Waals surface area contributed by atoms with Gasteiger partial charge in [0, 0.05) is 13.2 Å². The molecule has 0 radical (unpaired) electrons. The molecule has 1 fully saturated rings. The fraction of sp³-hybridized carbons (Fsp3) is 0.579. The van der Waals surface area contributed by atoms with Crippen molar-refractivity contribution in [2.45, 2.75) is 44.2 Å². The minimum Gasteiger partial charge on any atom is -0.493 e. The van der Waals surface area contributed by atoms with Gasteiger partial charge in [0.15, 0.2) is 11.5 Å². The number of amides is 1. The van der Waals surface area contributed by atoms with Gasteiger partial charge in [-0.1, -0.05) is 0 Å². The fourth-order valence-corrected chi connectivity index (χ4v) is 3.83. The number of hydrogen-bond acceptors (Lipinski definition) is 5. The van der Waals surface area contributed by atoms with Crippen molar-refractivity contribution in [1.82, 2.24) is 4.90 Å². The van der Waals surface area contributed by atoms with Crippen molar-refractivity contribution in [3.8, 4) is 11.5 Å². The van der Waals surface area contributed by atoms with Crippen molar-refractivity contribution < 1.29 is 28.9 Å². The highest BCUT2D eigenvalue weighted by molar-refractivity contribution is 5.79. The second kappa shape index (κ2) is 7.95. The molecule has 1 aromatic carbocycles. The summed E-state index contributed by atoms with van der Waals surface area (Å²) in [5, 5.41) is 9.38. The number of carbonyl (C=O) groups excluding carboxylic acids is 1. The standard InChI is InChI=1S/C19H25NO6/c1-24-16-8-12-5-6-20(18(21)9-13-4-3-7-26-13)15(11-19(22)23)14(12)10-17(16)25-2/h8,10,13,15H,3-7,9,11H2,1-2H3,(H,22,23). The van der Waals surface area contributed by atoms with Gasteiger partial charge in [-0.2, -0.15) is 0 Å². The molecule has 0 aromatic heterocycles. The van der Waals surface area contributed by atoms with Crippen molar-refractivity contribution in [3.05, 3.63) is 23.3 Å². The predicted octanol–water partition coefficient (Wildman–Crippen LogP) is 2.17. The smallest absolute Gasteiger partial charge is 0.305 e. The Kier molecular flexibility index (Phi) is 5.66. The number of aliphatic carboxylic acids is 1. The molecule has 142 valence electrons. The Hall–Kier alpha value is -2.28. The molecule has 1 N–H and O–H groups in total.